The molecule has 0 amide bonds. The molecule has 5 nitrogen and oxygen atoms in total. The molecule has 0 aromatic heterocycles. The maximum atomic E-state index is 11.0. The first-order valence-electron chi connectivity index (χ1n) is 5.92. The Morgan fingerprint density at radius 3 is 1.84 bits per heavy atom. The van der Waals surface area contributed by atoms with Gasteiger partial charge in [0.25, 0.3) is 6.29 Å². The van der Waals surface area contributed by atoms with Crippen LogP contribution in [0.3, 0.4) is 0 Å². The van der Waals surface area contributed by atoms with Crippen molar-refractivity contribution in [2.24, 2.45) is 0 Å². The fraction of sp³-hybridized carbons (Fsp3) is 0.429. The van der Waals surface area contributed by atoms with Gasteiger partial charge in [-0.25, -0.2) is 0 Å². The molecule has 1 aromatic rings. The second-order valence-electron chi connectivity index (χ2n) is 4.15. The number of hydrogen-bond donors (Lipinski definition) is 0. The summed E-state index contributed by atoms with van der Waals surface area (Å²) in [5.41, 5.74) is 0.883. The van der Waals surface area contributed by atoms with Gasteiger partial charge in [0.2, 0.25) is 0 Å². The largest absolute Gasteiger partial charge is 0.497 e. The highest BCUT2D eigenvalue weighted by atomic mass is 16.7. The SMILES string of the molecule is COc1ccc([C@@H](C)C(OC(C)=O)OC(C)=O)cc1. The van der Waals surface area contributed by atoms with Gasteiger partial charge in [0, 0.05) is 13.8 Å². The standard InChI is InChI=1S/C14H18O5/c1-9(12-5-7-13(17-4)8-6-12)14(18-10(2)15)19-11(3)16/h5-9,14H,1-4H3/t9-/m1/s1. The topological polar surface area (TPSA) is 61.8 Å². The molecule has 104 valence electrons. The zero-order valence-corrected chi connectivity index (χ0v) is 11.5. The third-order valence-corrected chi connectivity index (χ3v) is 2.61. The number of carbonyl (C=O) groups is 2. The lowest BCUT2D eigenvalue weighted by atomic mass is 10.0. The second kappa shape index (κ2) is 6.78. The zero-order valence-electron chi connectivity index (χ0n) is 11.5. The van der Waals surface area contributed by atoms with Gasteiger partial charge in [-0.2, -0.15) is 0 Å². The first-order chi connectivity index (χ1) is 8.93. The Hall–Kier alpha value is -2.04. The van der Waals surface area contributed by atoms with E-state index in [-0.39, 0.29) is 5.92 Å². The number of ether oxygens (including phenoxy) is 3. The van der Waals surface area contributed by atoms with E-state index in [1.165, 1.54) is 13.8 Å². The van der Waals surface area contributed by atoms with Crippen molar-refractivity contribution >= 4 is 11.9 Å². The van der Waals surface area contributed by atoms with E-state index in [1.807, 2.05) is 19.1 Å². The van der Waals surface area contributed by atoms with Gasteiger partial charge in [-0.05, 0) is 17.7 Å². The van der Waals surface area contributed by atoms with Crippen LogP contribution in [0, 0.1) is 0 Å². The Balaban J connectivity index is 2.86. The number of rotatable bonds is 5. The maximum Gasteiger partial charge on any atom is 0.305 e. The first kappa shape index (κ1) is 15.0. The van der Waals surface area contributed by atoms with Crippen LogP contribution >= 0.6 is 0 Å². The quantitative estimate of drug-likeness (QED) is 0.604. The van der Waals surface area contributed by atoms with Crippen LogP contribution in [0.1, 0.15) is 32.3 Å². The van der Waals surface area contributed by atoms with Crippen molar-refractivity contribution < 1.29 is 23.8 Å². The number of carbonyl (C=O) groups excluding carboxylic acids is 2. The second-order valence-corrected chi connectivity index (χ2v) is 4.15. The van der Waals surface area contributed by atoms with Gasteiger partial charge in [0.15, 0.2) is 0 Å². The van der Waals surface area contributed by atoms with E-state index >= 15 is 0 Å². The van der Waals surface area contributed by atoms with E-state index < -0.39 is 18.2 Å². The Morgan fingerprint density at radius 2 is 1.47 bits per heavy atom. The highest BCUT2D eigenvalue weighted by Gasteiger charge is 2.24. The molecule has 5 heteroatoms. The van der Waals surface area contributed by atoms with Gasteiger partial charge in [0.1, 0.15) is 5.75 Å². The van der Waals surface area contributed by atoms with Crippen molar-refractivity contribution in [1.29, 1.82) is 0 Å². The van der Waals surface area contributed by atoms with E-state index in [9.17, 15) is 9.59 Å². The smallest absolute Gasteiger partial charge is 0.305 e. The molecule has 19 heavy (non-hydrogen) atoms. The average molecular weight is 266 g/mol. The summed E-state index contributed by atoms with van der Waals surface area (Å²) in [6.45, 7) is 4.37. The summed E-state index contributed by atoms with van der Waals surface area (Å²) >= 11 is 0. The van der Waals surface area contributed by atoms with Crippen LogP contribution in [0.15, 0.2) is 24.3 Å². The van der Waals surface area contributed by atoms with Crippen molar-refractivity contribution in [2.75, 3.05) is 7.11 Å². The average Bonchev–Trinajstić information content (AvgIpc) is 2.36. The zero-order chi connectivity index (χ0) is 14.4. The van der Waals surface area contributed by atoms with Gasteiger partial charge in [0.05, 0.1) is 13.0 Å². The molecular weight excluding hydrogens is 248 g/mol. The molecular formula is C14H18O5. The number of esters is 2. The summed E-state index contributed by atoms with van der Waals surface area (Å²) in [4.78, 5) is 22.1. The van der Waals surface area contributed by atoms with E-state index in [0.29, 0.717) is 0 Å². The fourth-order valence-electron chi connectivity index (χ4n) is 1.62. The minimum Gasteiger partial charge on any atom is -0.497 e. The molecule has 0 aliphatic rings. The van der Waals surface area contributed by atoms with Crippen LogP contribution in [0.5, 0.6) is 5.75 Å². The summed E-state index contributed by atoms with van der Waals surface area (Å²) in [5, 5.41) is 0. The molecule has 0 aliphatic heterocycles. The minimum absolute atomic E-state index is 0.265. The molecule has 0 bridgehead atoms. The molecule has 1 rings (SSSR count). The van der Waals surface area contributed by atoms with Crippen LogP contribution in [0.4, 0.5) is 0 Å². The number of benzene rings is 1. The van der Waals surface area contributed by atoms with E-state index in [2.05, 4.69) is 0 Å². The molecule has 0 fully saturated rings. The van der Waals surface area contributed by atoms with Gasteiger partial charge in [-0.1, -0.05) is 19.1 Å². The molecule has 0 spiro atoms. The fourth-order valence-corrected chi connectivity index (χ4v) is 1.62. The van der Waals surface area contributed by atoms with Gasteiger partial charge in [-0.3, -0.25) is 9.59 Å². The van der Waals surface area contributed by atoms with Crippen LogP contribution in [-0.2, 0) is 19.1 Å². The number of hydrogen-bond acceptors (Lipinski definition) is 5. The van der Waals surface area contributed by atoms with Gasteiger partial charge in [-0.15, -0.1) is 0 Å². The molecule has 0 radical (unpaired) electrons. The Morgan fingerprint density at radius 1 is 1.00 bits per heavy atom. The summed E-state index contributed by atoms with van der Waals surface area (Å²) in [5.74, 6) is -0.524. The molecule has 1 aromatic carbocycles. The third-order valence-electron chi connectivity index (χ3n) is 2.61. The van der Waals surface area contributed by atoms with Crippen LogP contribution in [0.2, 0.25) is 0 Å². The lowest BCUT2D eigenvalue weighted by Gasteiger charge is -2.23. The van der Waals surface area contributed by atoms with Crippen molar-refractivity contribution in [3.05, 3.63) is 29.8 Å². The maximum absolute atomic E-state index is 11.0. The lowest BCUT2D eigenvalue weighted by molar-refractivity contribution is -0.188. The lowest BCUT2D eigenvalue weighted by Crippen LogP contribution is -2.27. The normalized spacial score (nSPS) is 11.8. The van der Waals surface area contributed by atoms with Crippen LogP contribution in [-0.4, -0.2) is 25.3 Å². The molecule has 0 saturated carbocycles. The Labute approximate surface area is 112 Å². The van der Waals surface area contributed by atoms with E-state index in [4.69, 9.17) is 14.2 Å². The van der Waals surface area contributed by atoms with Crippen molar-refractivity contribution in [3.63, 3.8) is 0 Å². The van der Waals surface area contributed by atoms with Gasteiger partial charge < -0.3 is 14.2 Å². The predicted molar refractivity (Wildman–Crippen MR) is 68.7 cm³/mol. The first-order valence-corrected chi connectivity index (χ1v) is 5.92. The molecule has 0 heterocycles. The molecule has 0 aliphatic carbocycles. The molecule has 0 saturated heterocycles. The highest BCUT2D eigenvalue weighted by molar-refractivity contribution is 5.68. The van der Waals surface area contributed by atoms with Crippen molar-refractivity contribution in [2.45, 2.75) is 33.0 Å². The monoisotopic (exact) mass is 266 g/mol. The third kappa shape index (κ3) is 4.62. The summed E-state index contributed by atoms with van der Waals surface area (Å²) < 4.78 is 15.1. The Bertz CT molecular complexity index is 422. The Kier molecular flexibility index (Phi) is 5.36. The molecule has 0 unspecified atom stereocenters. The number of methoxy groups -OCH3 is 1. The molecule has 1 atom stereocenters. The van der Waals surface area contributed by atoms with Crippen LogP contribution < -0.4 is 4.74 Å². The minimum atomic E-state index is -0.927. The highest BCUT2D eigenvalue weighted by Crippen LogP contribution is 2.24. The van der Waals surface area contributed by atoms with Crippen LogP contribution in [0.25, 0.3) is 0 Å². The molecule has 0 N–H and O–H groups in total. The van der Waals surface area contributed by atoms with Crippen molar-refractivity contribution in [1.82, 2.24) is 0 Å². The van der Waals surface area contributed by atoms with Crippen molar-refractivity contribution in [3.8, 4) is 5.75 Å². The van der Waals surface area contributed by atoms with E-state index in [0.717, 1.165) is 11.3 Å². The predicted octanol–water partition coefficient (Wildman–Crippen LogP) is 2.25. The van der Waals surface area contributed by atoms with Gasteiger partial charge >= 0.3 is 11.9 Å². The summed E-state index contributed by atoms with van der Waals surface area (Å²) in [7, 11) is 1.58. The summed E-state index contributed by atoms with van der Waals surface area (Å²) in [6.07, 6.45) is -0.927. The summed E-state index contributed by atoms with van der Waals surface area (Å²) in [6, 6.07) is 7.27. The van der Waals surface area contributed by atoms with E-state index in [1.54, 1.807) is 19.2 Å².